The van der Waals surface area contributed by atoms with Crippen LogP contribution < -0.4 is 21.7 Å². The van der Waals surface area contributed by atoms with Gasteiger partial charge in [0.15, 0.2) is 12.2 Å². The number of amides is 4. The van der Waals surface area contributed by atoms with E-state index in [9.17, 15) is 24.0 Å². The van der Waals surface area contributed by atoms with Crippen molar-refractivity contribution in [1.29, 1.82) is 0 Å². The smallest absolute Gasteiger partial charge is 0.405 e. The molecule has 4 amide bonds. The first kappa shape index (κ1) is 31.6. The monoisotopic (exact) mass is 604 g/mol. The fraction of sp³-hybridized carbons (Fsp3) is 0.633. The van der Waals surface area contributed by atoms with E-state index in [4.69, 9.17) is 26.8 Å². The van der Waals surface area contributed by atoms with Gasteiger partial charge in [-0.05, 0) is 70.1 Å². The number of primary amides is 1. The molecule has 2 saturated carbocycles. The summed E-state index contributed by atoms with van der Waals surface area (Å²) in [6, 6.07) is 4.94. The van der Waals surface area contributed by atoms with Crippen LogP contribution in [0.4, 0.5) is 4.79 Å². The van der Waals surface area contributed by atoms with Gasteiger partial charge < -0.3 is 31.2 Å². The van der Waals surface area contributed by atoms with Crippen molar-refractivity contribution in [1.82, 2.24) is 16.0 Å². The molecule has 3 aliphatic rings. The Balaban J connectivity index is 1.61. The Kier molecular flexibility index (Phi) is 10.3. The van der Waals surface area contributed by atoms with Crippen LogP contribution in [0, 0.1) is 11.8 Å². The molecule has 12 heteroatoms. The van der Waals surface area contributed by atoms with Gasteiger partial charge in [-0.2, -0.15) is 0 Å². The number of esters is 1. The Labute approximate surface area is 250 Å². The molecule has 1 aromatic rings. The second-order valence-electron chi connectivity index (χ2n) is 12.4. The maximum atomic E-state index is 13.7. The molecule has 42 heavy (non-hydrogen) atoms. The van der Waals surface area contributed by atoms with Gasteiger partial charge in [-0.25, -0.2) is 9.59 Å². The number of carbonyl (C=O) groups is 5. The fourth-order valence-corrected chi connectivity index (χ4v) is 6.12. The highest BCUT2D eigenvalue weighted by Crippen LogP contribution is 2.31. The molecule has 0 aromatic heterocycles. The molecule has 1 heterocycles. The number of halogens is 1. The summed E-state index contributed by atoms with van der Waals surface area (Å²) in [7, 11) is 0. The zero-order chi connectivity index (χ0) is 30.4. The van der Waals surface area contributed by atoms with E-state index in [1.807, 2.05) is 13.8 Å². The Hall–Kier alpha value is -3.34. The summed E-state index contributed by atoms with van der Waals surface area (Å²) in [6.45, 7) is 3.77. The van der Waals surface area contributed by atoms with Crippen molar-refractivity contribution in [3.63, 3.8) is 0 Å². The lowest BCUT2D eigenvalue weighted by Gasteiger charge is -2.31. The number of nitrogens with two attached hydrogens (primary N) is 1. The molecule has 11 nitrogen and oxygen atoms in total. The molecular weight excluding hydrogens is 564 g/mol. The Morgan fingerprint density at radius 2 is 1.76 bits per heavy atom. The predicted octanol–water partition coefficient (Wildman–Crippen LogP) is 3.37. The number of benzene rings is 1. The third-order valence-corrected chi connectivity index (χ3v) is 8.36. The zero-order valence-corrected chi connectivity index (χ0v) is 24.9. The quantitative estimate of drug-likeness (QED) is 0.265. The van der Waals surface area contributed by atoms with Gasteiger partial charge >= 0.3 is 12.1 Å². The molecule has 5 N–H and O–H groups in total. The standard InChI is InChI=1S/C30H41ClN4O7/c1-30(2)16-19(25(36)35-30)15-22(34-26(37)23(41-29(32)40)13-17-7-4-3-5-8-17)24(27(38)33-21-11-12-21)42-28(39)18-9-6-10-20(31)14-18/h6,9-10,14,17,19,21-24H,3-5,7-8,11-13,15-16H2,1-2H3,(H2,32,40)(H,33,38)(H,34,37)(H,35,36)/t19?,22?,23-,24?/m0/s1. The van der Waals surface area contributed by atoms with Crippen molar-refractivity contribution in [2.45, 2.75) is 108 Å². The molecular formula is C30H41ClN4O7. The number of nitrogens with one attached hydrogen (secondary N) is 3. The molecule has 1 aromatic carbocycles. The largest absolute Gasteiger partial charge is 0.446 e. The Morgan fingerprint density at radius 3 is 2.36 bits per heavy atom. The summed E-state index contributed by atoms with van der Waals surface area (Å²) in [5.41, 5.74) is 4.96. The summed E-state index contributed by atoms with van der Waals surface area (Å²) in [4.78, 5) is 65.1. The fourth-order valence-electron chi connectivity index (χ4n) is 5.93. The van der Waals surface area contributed by atoms with Crippen LogP contribution >= 0.6 is 11.6 Å². The van der Waals surface area contributed by atoms with E-state index < -0.39 is 53.6 Å². The van der Waals surface area contributed by atoms with Crippen LogP contribution in [0.25, 0.3) is 0 Å². The van der Waals surface area contributed by atoms with Crippen LogP contribution in [0.1, 0.15) is 88.4 Å². The number of rotatable bonds is 12. The van der Waals surface area contributed by atoms with E-state index in [0.717, 1.165) is 44.9 Å². The summed E-state index contributed by atoms with van der Waals surface area (Å²) < 4.78 is 11.0. The molecule has 3 unspecified atom stereocenters. The van der Waals surface area contributed by atoms with Gasteiger partial charge in [-0.15, -0.1) is 0 Å². The van der Waals surface area contributed by atoms with Crippen molar-refractivity contribution in [2.75, 3.05) is 0 Å². The van der Waals surface area contributed by atoms with Crippen LogP contribution in [0.3, 0.4) is 0 Å². The van der Waals surface area contributed by atoms with Crippen molar-refractivity contribution in [3.8, 4) is 0 Å². The topological polar surface area (TPSA) is 166 Å². The maximum Gasteiger partial charge on any atom is 0.405 e. The van der Waals surface area contributed by atoms with Crippen LogP contribution in [-0.4, -0.2) is 59.6 Å². The molecule has 2 aliphatic carbocycles. The normalized spacial score (nSPS) is 22.3. The van der Waals surface area contributed by atoms with Gasteiger partial charge in [0.1, 0.15) is 0 Å². The lowest BCUT2D eigenvalue weighted by atomic mass is 9.85. The highest BCUT2D eigenvalue weighted by Gasteiger charge is 2.44. The van der Waals surface area contributed by atoms with E-state index in [1.165, 1.54) is 12.1 Å². The van der Waals surface area contributed by atoms with Gasteiger partial charge in [0, 0.05) is 22.5 Å². The predicted molar refractivity (Wildman–Crippen MR) is 154 cm³/mol. The first-order chi connectivity index (χ1) is 19.9. The molecule has 230 valence electrons. The summed E-state index contributed by atoms with van der Waals surface area (Å²) in [5.74, 6) is -2.69. The van der Waals surface area contributed by atoms with Crippen LogP contribution in [0.5, 0.6) is 0 Å². The molecule has 4 atom stereocenters. The molecule has 1 saturated heterocycles. The second-order valence-corrected chi connectivity index (χ2v) is 12.8. The van der Waals surface area contributed by atoms with Crippen LogP contribution in [0.15, 0.2) is 24.3 Å². The van der Waals surface area contributed by atoms with E-state index in [1.54, 1.807) is 12.1 Å². The SMILES string of the molecule is CC1(C)CC(CC(NC(=O)[C@H](CC2CCCCC2)OC(N)=O)C(OC(=O)c2cccc(Cl)c2)C(=O)NC2CC2)C(=O)N1. The van der Waals surface area contributed by atoms with E-state index in [-0.39, 0.29) is 36.3 Å². The van der Waals surface area contributed by atoms with Crippen molar-refractivity contribution in [3.05, 3.63) is 34.9 Å². The average Bonchev–Trinajstić information content (AvgIpc) is 3.69. The van der Waals surface area contributed by atoms with Crippen molar-refractivity contribution in [2.24, 2.45) is 17.6 Å². The third-order valence-electron chi connectivity index (χ3n) is 8.12. The van der Waals surface area contributed by atoms with E-state index in [0.29, 0.717) is 11.4 Å². The van der Waals surface area contributed by atoms with Crippen molar-refractivity contribution < 1.29 is 33.4 Å². The second kappa shape index (κ2) is 13.8. The van der Waals surface area contributed by atoms with E-state index >= 15 is 0 Å². The first-order valence-corrected chi connectivity index (χ1v) is 15.1. The highest BCUT2D eigenvalue weighted by molar-refractivity contribution is 6.30. The first-order valence-electron chi connectivity index (χ1n) is 14.8. The van der Waals surface area contributed by atoms with Crippen LogP contribution in [-0.2, 0) is 23.9 Å². The number of ether oxygens (including phenoxy) is 2. The zero-order valence-electron chi connectivity index (χ0n) is 24.2. The average molecular weight is 605 g/mol. The lowest BCUT2D eigenvalue weighted by Crippen LogP contribution is -2.56. The molecule has 0 bridgehead atoms. The van der Waals surface area contributed by atoms with Crippen LogP contribution in [0.2, 0.25) is 5.02 Å². The summed E-state index contributed by atoms with van der Waals surface area (Å²) in [6.07, 6.45) is 3.50. The number of hydrogen-bond donors (Lipinski definition) is 4. The molecule has 3 fully saturated rings. The summed E-state index contributed by atoms with van der Waals surface area (Å²) >= 11 is 6.07. The van der Waals surface area contributed by atoms with Gasteiger partial charge in [-0.3, -0.25) is 14.4 Å². The Morgan fingerprint density at radius 1 is 1.05 bits per heavy atom. The molecule has 4 rings (SSSR count). The lowest BCUT2D eigenvalue weighted by molar-refractivity contribution is -0.137. The minimum Gasteiger partial charge on any atom is -0.446 e. The van der Waals surface area contributed by atoms with Crippen molar-refractivity contribution >= 4 is 41.4 Å². The third kappa shape index (κ3) is 9.08. The molecule has 0 radical (unpaired) electrons. The van der Waals surface area contributed by atoms with Gasteiger partial charge in [-0.1, -0.05) is 49.8 Å². The van der Waals surface area contributed by atoms with Gasteiger partial charge in [0.2, 0.25) is 5.91 Å². The summed E-state index contributed by atoms with van der Waals surface area (Å²) in [5, 5.41) is 8.91. The number of carbonyl (C=O) groups excluding carboxylic acids is 5. The Bertz CT molecular complexity index is 1180. The molecule has 1 aliphatic heterocycles. The minimum absolute atomic E-state index is 0.0132. The molecule has 0 spiro atoms. The van der Waals surface area contributed by atoms with Gasteiger partial charge in [0.25, 0.3) is 11.8 Å². The highest BCUT2D eigenvalue weighted by atomic mass is 35.5. The number of hydrogen-bond acceptors (Lipinski definition) is 7. The maximum absolute atomic E-state index is 13.7. The van der Waals surface area contributed by atoms with Gasteiger partial charge in [0.05, 0.1) is 11.6 Å². The van der Waals surface area contributed by atoms with E-state index in [2.05, 4.69) is 16.0 Å². The minimum atomic E-state index is -1.47.